The maximum Gasteiger partial charge on any atom is 0.238 e. The Morgan fingerprint density at radius 2 is 1.62 bits per heavy atom. The van der Waals surface area contributed by atoms with Gasteiger partial charge in [0.15, 0.2) is 5.78 Å². The molecule has 2 aliphatic carbocycles. The van der Waals surface area contributed by atoms with Crippen LogP contribution in [0.1, 0.15) is 21.5 Å². The third-order valence-corrected chi connectivity index (χ3v) is 8.04. The highest BCUT2D eigenvalue weighted by molar-refractivity contribution is 6.25. The Balaban J connectivity index is 1.62. The molecule has 5 radical (unpaired) electrons. The highest BCUT2D eigenvalue weighted by Crippen LogP contribution is 2.66. The number of carbonyl (C=O) groups is 2. The van der Waals surface area contributed by atoms with E-state index < -0.39 is 11.0 Å². The fourth-order valence-electron chi connectivity index (χ4n) is 6.98. The number of nitrogens with zero attached hydrogens (tertiary/aromatic N) is 1. The third kappa shape index (κ3) is 1.83. The van der Waals surface area contributed by atoms with E-state index in [0.717, 1.165) is 33.5 Å². The summed E-state index contributed by atoms with van der Waals surface area (Å²) in [6.07, 6.45) is 8.19. The summed E-state index contributed by atoms with van der Waals surface area (Å²) in [5.41, 5.74) is 1.22. The van der Waals surface area contributed by atoms with Crippen LogP contribution in [-0.4, -0.2) is 30.2 Å². The van der Waals surface area contributed by atoms with E-state index >= 15 is 0 Å². The quantitative estimate of drug-likeness (QED) is 0.649. The maximum absolute atomic E-state index is 14.5. The SMILES string of the molecule is CN1C[C@@H]([C]2[CH][CH][CH][CH]2)[C@]2(C(=O)Nc3ccccc32)[C@]12C(=O)c1cccc3cccc2c13. The minimum absolute atomic E-state index is 0.0210. The van der Waals surface area contributed by atoms with Crippen LogP contribution in [-0.2, 0) is 15.7 Å². The Morgan fingerprint density at radius 3 is 2.44 bits per heavy atom. The number of likely N-dealkylation sites (N-methyl/N-ethyl adjacent to an activating group) is 1. The lowest BCUT2D eigenvalue weighted by atomic mass is 9.56. The van der Waals surface area contributed by atoms with Crippen LogP contribution in [0.3, 0.4) is 0 Å². The first-order valence-electron chi connectivity index (χ1n) is 11.0. The van der Waals surface area contributed by atoms with Crippen molar-refractivity contribution in [1.29, 1.82) is 0 Å². The molecule has 2 heterocycles. The van der Waals surface area contributed by atoms with Crippen molar-refractivity contribution in [3.05, 3.63) is 109 Å². The summed E-state index contributed by atoms with van der Waals surface area (Å²) < 4.78 is 0. The minimum Gasteiger partial charge on any atom is -0.325 e. The van der Waals surface area contributed by atoms with Crippen molar-refractivity contribution in [2.75, 3.05) is 18.9 Å². The predicted octanol–water partition coefficient (Wildman–Crippen LogP) is 4.09. The van der Waals surface area contributed by atoms with Crippen molar-refractivity contribution in [2.24, 2.45) is 5.92 Å². The predicted molar refractivity (Wildman–Crippen MR) is 123 cm³/mol. The van der Waals surface area contributed by atoms with Crippen molar-refractivity contribution in [2.45, 2.75) is 11.0 Å². The van der Waals surface area contributed by atoms with E-state index in [0.29, 0.717) is 12.1 Å². The summed E-state index contributed by atoms with van der Waals surface area (Å²) in [6.45, 7) is 0.613. The Hall–Kier alpha value is -2.98. The highest BCUT2D eigenvalue weighted by atomic mass is 16.2. The number of amides is 1. The van der Waals surface area contributed by atoms with E-state index in [2.05, 4.69) is 29.1 Å². The molecule has 2 spiro atoms. The molecule has 1 saturated carbocycles. The molecule has 4 nitrogen and oxygen atoms in total. The van der Waals surface area contributed by atoms with E-state index in [4.69, 9.17) is 0 Å². The van der Waals surface area contributed by atoms with Gasteiger partial charge in [-0.15, -0.1) is 0 Å². The van der Waals surface area contributed by atoms with Gasteiger partial charge in [0, 0.05) is 17.8 Å². The number of hydrogen-bond acceptors (Lipinski definition) is 3. The van der Waals surface area contributed by atoms with E-state index in [9.17, 15) is 9.59 Å². The molecule has 1 saturated heterocycles. The average Bonchev–Trinajstić information content (AvgIpc) is 3.55. The zero-order chi connectivity index (χ0) is 21.7. The molecule has 2 aliphatic heterocycles. The number of likely N-dealkylation sites (tertiary alicyclic amines) is 1. The summed E-state index contributed by atoms with van der Waals surface area (Å²) in [5, 5.41) is 5.17. The van der Waals surface area contributed by atoms with Gasteiger partial charge in [-0.05, 0) is 72.5 Å². The van der Waals surface area contributed by atoms with Gasteiger partial charge in [-0.25, -0.2) is 0 Å². The number of rotatable bonds is 1. The zero-order valence-corrected chi connectivity index (χ0v) is 17.6. The number of carbonyl (C=O) groups excluding carboxylic acids is 2. The van der Waals surface area contributed by atoms with Crippen molar-refractivity contribution < 1.29 is 9.59 Å². The van der Waals surface area contributed by atoms with E-state index in [-0.39, 0.29) is 17.6 Å². The lowest BCUT2D eigenvalue weighted by molar-refractivity contribution is -0.124. The summed E-state index contributed by atoms with van der Waals surface area (Å²) in [5.74, 6) is 0.872. The van der Waals surface area contributed by atoms with E-state index in [1.807, 2.05) is 74.5 Å². The Morgan fingerprint density at radius 1 is 0.906 bits per heavy atom. The van der Waals surface area contributed by atoms with Crippen LogP contribution in [0.2, 0.25) is 0 Å². The second kappa shape index (κ2) is 6.08. The van der Waals surface area contributed by atoms with Crippen LogP contribution in [0.5, 0.6) is 0 Å². The maximum atomic E-state index is 14.5. The van der Waals surface area contributed by atoms with E-state index in [1.54, 1.807) is 0 Å². The van der Waals surface area contributed by atoms with Crippen LogP contribution in [0, 0.1) is 37.5 Å². The monoisotopic (exact) mass is 417 g/mol. The van der Waals surface area contributed by atoms with Crippen LogP contribution >= 0.6 is 0 Å². The van der Waals surface area contributed by atoms with Crippen molar-refractivity contribution in [3.63, 3.8) is 0 Å². The molecule has 4 heteroatoms. The first kappa shape index (κ1) is 18.6. The normalized spacial score (nSPS) is 31.3. The average molecular weight is 417 g/mol. The summed E-state index contributed by atoms with van der Waals surface area (Å²) in [6, 6.07) is 19.9. The molecule has 7 rings (SSSR count). The highest BCUT2D eigenvalue weighted by Gasteiger charge is 2.76. The standard InChI is InChI=1S/C28H21N2O2/c1-30-16-22(17-8-2-3-9-17)27(20-13-4-5-15-23(20)29-26(27)32)28(30)21-14-7-11-18-10-6-12-19(24(18)21)25(28)31/h2-15,22H,16H2,1H3,(H,29,32)/t22-,27+,28-/m0/s1. The molecular formula is C28H21N2O2. The van der Waals surface area contributed by atoms with Gasteiger partial charge in [-0.1, -0.05) is 54.6 Å². The second-order valence-electron chi connectivity index (χ2n) is 9.21. The van der Waals surface area contributed by atoms with Crippen LogP contribution in [0.25, 0.3) is 10.8 Å². The van der Waals surface area contributed by atoms with Gasteiger partial charge in [0.05, 0.1) is 0 Å². The van der Waals surface area contributed by atoms with Crippen molar-refractivity contribution in [3.8, 4) is 0 Å². The number of nitrogens with one attached hydrogen (secondary N) is 1. The van der Waals surface area contributed by atoms with Crippen LogP contribution in [0.15, 0.2) is 60.7 Å². The lowest BCUT2D eigenvalue weighted by Gasteiger charge is -2.45. The molecule has 4 aliphatic rings. The number of fused-ring (bicyclic) bond motifs is 4. The first-order valence-corrected chi connectivity index (χ1v) is 11.0. The number of para-hydroxylation sites is 1. The minimum atomic E-state index is -1.10. The fraction of sp³-hybridized carbons (Fsp3) is 0.179. The first-order chi connectivity index (χ1) is 15.6. The third-order valence-electron chi connectivity index (χ3n) is 8.04. The molecule has 155 valence electrons. The topological polar surface area (TPSA) is 49.4 Å². The molecule has 1 amide bonds. The smallest absolute Gasteiger partial charge is 0.238 e. The van der Waals surface area contributed by atoms with Gasteiger partial charge >= 0.3 is 0 Å². The number of ketones is 1. The molecule has 0 bridgehead atoms. The molecule has 1 N–H and O–H groups in total. The molecule has 32 heavy (non-hydrogen) atoms. The zero-order valence-electron chi connectivity index (χ0n) is 17.6. The molecule has 3 atom stereocenters. The number of hydrogen-bond donors (Lipinski definition) is 1. The van der Waals surface area contributed by atoms with Crippen molar-refractivity contribution >= 4 is 28.2 Å². The number of Topliss-reactive ketones (excluding diaryl/α,β-unsaturated/α-hetero) is 1. The second-order valence-corrected chi connectivity index (χ2v) is 9.21. The summed E-state index contributed by atoms with van der Waals surface area (Å²) in [4.78, 5) is 30.9. The number of anilines is 1. The Bertz CT molecular complexity index is 1320. The summed E-state index contributed by atoms with van der Waals surface area (Å²) in [7, 11) is 2.00. The van der Waals surface area contributed by atoms with Gasteiger partial charge < -0.3 is 5.32 Å². The molecule has 0 aromatic heterocycles. The van der Waals surface area contributed by atoms with Crippen LogP contribution in [0.4, 0.5) is 5.69 Å². The lowest BCUT2D eigenvalue weighted by Crippen LogP contribution is -2.61. The largest absolute Gasteiger partial charge is 0.325 e. The molecular weight excluding hydrogens is 396 g/mol. The number of benzene rings is 3. The molecule has 2 fully saturated rings. The van der Waals surface area contributed by atoms with Gasteiger partial charge in [0.2, 0.25) is 5.91 Å². The molecule has 0 unspecified atom stereocenters. The fourth-order valence-corrected chi connectivity index (χ4v) is 6.98. The van der Waals surface area contributed by atoms with Gasteiger partial charge in [0.1, 0.15) is 11.0 Å². The van der Waals surface area contributed by atoms with Crippen molar-refractivity contribution in [1.82, 2.24) is 4.90 Å². The Kier molecular flexibility index (Phi) is 3.53. The molecule has 3 aromatic carbocycles. The Labute approximate surface area is 187 Å². The summed E-state index contributed by atoms with van der Waals surface area (Å²) >= 11 is 0. The van der Waals surface area contributed by atoms with E-state index in [1.165, 1.54) is 0 Å². The van der Waals surface area contributed by atoms with Gasteiger partial charge in [0.25, 0.3) is 0 Å². The van der Waals surface area contributed by atoms with Crippen LogP contribution < -0.4 is 5.32 Å². The van der Waals surface area contributed by atoms with Gasteiger partial charge in [-0.2, -0.15) is 0 Å². The van der Waals surface area contributed by atoms with Gasteiger partial charge in [-0.3, -0.25) is 14.5 Å². The molecule has 3 aromatic rings.